The molecule has 1 saturated heterocycles. The number of hydrogen-bond donors (Lipinski definition) is 0. The normalized spacial score (nSPS) is 26.9. The van der Waals surface area contributed by atoms with E-state index in [2.05, 4.69) is 0 Å². The third-order valence-electron chi connectivity index (χ3n) is 1.62. The van der Waals surface area contributed by atoms with Crippen molar-refractivity contribution < 1.29 is 23.1 Å². The lowest BCUT2D eigenvalue weighted by Crippen LogP contribution is -2.45. The van der Waals surface area contributed by atoms with Crippen molar-refractivity contribution >= 4 is 18.2 Å². The zero-order chi connectivity index (χ0) is 9.24. The van der Waals surface area contributed by atoms with Crippen LogP contribution >= 0.6 is 18.2 Å². The number of ether oxygens (including phenoxy) is 2. The molecule has 0 radical (unpaired) electrons. The third kappa shape index (κ3) is 2.19. The standard InChI is InChI=1S/C5H10ClO5P/c1-8-5(9-2)3-10-12(6,7)11-4-5/h3-4H2,1-2H3. The summed E-state index contributed by atoms with van der Waals surface area (Å²) in [6.45, 7) is -3.38. The molecular formula is C5H10ClO5P. The van der Waals surface area contributed by atoms with Crippen LogP contribution in [0.4, 0.5) is 0 Å². The SMILES string of the molecule is COC1(OC)COP(=O)(Cl)OC1. The molecule has 5 nitrogen and oxygen atoms in total. The van der Waals surface area contributed by atoms with Crippen molar-refractivity contribution in [2.24, 2.45) is 0 Å². The van der Waals surface area contributed by atoms with Crippen LogP contribution in [0.1, 0.15) is 0 Å². The topological polar surface area (TPSA) is 54.0 Å². The molecule has 1 rings (SSSR count). The Hall–Kier alpha value is 0.360. The molecule has 0 aromatic carbocycles. The predicted molar refractivity (Wildman–Crippen MR) is 42.1 cm³/mol. The van der Waals surface area contributed by atoms with Gasteiger partial charge >= 0.3 is 6.95 Å². The summed E-state index contributed by atoms with van der Waals surface area (Å²) in [6.07, 6.45) is 0. The van der Waals surface area contributed by atoms with Crippen LogP contribution in [-0.2, 0) is 23.1 Å². The minimum atomic E-state index is -3.38. The highest BCUT2D eigenvalue weighted by atomic mass is 35.7. The van der Waals surface area contributed by atoms with Gasteiger partial charge in [0, 0.05) is 25.5 Å². The van der Waals surface area contributed by atoms with Gasteiger partial charge in [-0.2, -0.15) is 0 Å². The molecule has 0 N–H and O–H groups in total. The monoisotopic (exact) mass is 216 g/mol. The number of halogens is 1. The van der Waals surface area contributed by atoms with Gasteiger partial charge in [0.05, 0.1) is 0 Å². The fraction of sp³-hybridized carbons (Fsp3) is 1.00. The second-order valence-corrected chi connectivity index (χ2v) is 4.92. The van der Waals surface area contributed by atoms with Gasteiger partial charge in [0.25, 0.3) is 0 Å². The average molecular weight is 217 g/mol. The Bertz CT molecular complexity index is 190. The Balaban J connectivity index is 2.59. The van der Waals surface area contributed by atoms with E-state index in [0.29, 0.717) is 0 Å². The summed E-state index contributed by atoms with van der Waals surface area (Å²) < 4.78 is 30.3. The maximum absolute atomic E-state index is 11.0. The lowest BCUT2D eigenvalue weighted by molar-refractivity contribution is -0.249. The molecule has 0 amide bonds. The molecule has 1 heterocycles. The van der Waals surface area contributed by atoms with Crippen LogP contribution in [0.25, 0.3) is 0 Å². The summed E-state index contributed by atoms with van der Waals surface area (Å²) in [7, 11) is 2.89. The van der Waals surface area contributed by atoms with Gasteiger partial charge in [0.15, 0.2) is 0 Å². The number of hydrogen-bond acceptors (Lipinski definition) is 5. The molecule has 72 valence electrons. The van der Waals surface area contributed by atoms with Gasteiger partial charge in [-0.3, -0.25) is 9.05 Å². The summed E-state index contributed by atoms with van der Waals surface area (Å²) in [5, 5.41) is 0. The molecule has 1 aliphatic rings. The Kier molecular flexibility index (Phi) is 3.15. The summed E-state index contributed by atoms with van der Waals surface area (Å²) in [5.41, 5.74) is 0. The molecule has 0 aliphatic carbocycles. The van der Waals surface area contributed by atoms with E-state index in [1.807, 2.05) is 0 Å². The Morgan fingerprint density at radius 2 is 1.75 bits per heavy atom. The van der Waals surface area contributed by atoms with Crippen molar-refractivity contribution in [1.82, 2.24) is 0 Å². The molecule has 0 spiro atoms. The van der Waals surface area contributed by atoms with Gasteiger partial charge in [0.1, 0.15) is 13.2 Å². The van der Waals surface area contributed by atoms with Gasteiger partial charge in [-0.05, 0) is 0 Å². The largest absolute Gasteiger partial charge is 0.424 e. The Morgan fingerprint density at radius 3 is 2.08 bits per heavy atom. The number of methoxy groups -OCH3 is 2. The van der Waals surface area contributed by atoms with Gasteiger partial charge in [-0.25, -0.2) is 4.57 Å². The summed E-state index contributed by atoms with van der Waals surface area (Å²) >= 11 is 5.31. The molecule has 0 bridgehead atoms. The summed E-state index contributed by atoms with van der Waals surface area (Å²) in [6, 6.07) is 0. The van der Waals surface area contributed by atoms with E-state index in [0.717, 1.165) is 0 Å². The highest BCUT2D eigenvalue weighted by molar-refractivity contribution is 7.81. The maximum Gasteiger partial charge on any atom is 0.424 e. The minimum Gasteiger partial charge on any atom is -0.349 e. The lowest BCUT2D eigenvalue weighted by atomic mass is 10.3. The van der Waals surface area contributed by atoms with Crippen molar-refractivity contribution in [1.29, 1.82) is 0 Å². The second-order valence-electron chi connectivity index (χ2n) is 2.30. The average Bonchev–Trinajstić information content (AvgIpc) is 2.06. The minimum absolute atomic E-state index is 0.000772. The van der Waals surface area contributed by atoms with E-state index >= 15 is 0 Å². The fourth-order valence-corrected chi connectivity index (χ4v) is 1.82. The molecule has 0 unspecified atom stereocenters. The first-order chi connectivity index (χ1) is 5.54. The molecule has 1 fully saturated rings. The van der Waals surface area contributed by atoms with Crippen LogP contribution in [0.3, 0.4) is 0 Å². The molecule has 1 aliphatic heterocycles. The van der Waals surface area contributed by atoms with E-state index in [1.165, 1.54) is 14.2 Å². The summed E-state index contributed by atoms with van der Waals surface area (Å²) in [5.74, 6) is -0.983. The van der Waals surface area contributed by atoms with Crippen molar-refractivity contribution in [3.8, 4) is 0 Å². The van der Waals surface area contributed by atoms with Gasteiger partial charge in [0.2, 0.25) is 5.79 Å². The van der Waals surface area contributed by atoms with E-state index < -0.39 is 12.7 Å². The van der Waals surface area contributed by atoms with Crippen LogP contribution in [-0.4, -0.2) is 33.2 Å². The smallest absolute Gasteiger partial charge is 0.349 e. The lowest BCUT2D eigenvalue weighted by Gasteiger charge is -2.34. The maximum atomic E-state index is 11.0. The van der Waals surface area contributed by atoms with E-state index in [-0.39, 0.29) is 13.2 Å². The van der Waals surface area contributed by atoms with E-state index in [4.69, 9.17) is 29.8 Å². The Labute approximate surface area is 75.2 Å². The molecule has 12 heavy (non-hydrogen) atoms. The first kappa shape index (κ1) is 10.4. The molecule has 0 aromatic heterocycles. The van der Waals surface area contributed by atoms with Crippen LogP contribution in [0.5, 0.6) is 0 Å². The van der Waals surface area contributed by atoms with Crippen molar-refractivity contribution in [2.75, 3.05) is 27.4 Å². The Morgan fingerprint density at radius 1 is 1.33 bits per heavy atom. The summed E-state index contributed by atoms with van der Waals surface area (Å²) in [4.78, 5) is 0. The highest BCUT2D eigenvalue weighted by Gasteiger charge is 2.42. The van der Waals surface area contributed by atoms with Gasteiger partial charge < -0.3 is 9.47 Å². The van der Waals surface area contributed by atoms with Crippen molar-refractivity contribution in [3.05, 3.63) is 0 Å². The molecule has 0 atom stereocenters. The number of rotatable bonds is 2. The third-order valence-corrected chi connectivity index (χ3v) is 3.08. The zero-order valence-corrected chi connectivity index (χ0v) is 8.43. The van der Waals surface area contributed by atoms with Crippen LogP contribution in [0.2, 0.25) is 0 Å². The molecule has 7 heteroatoms. The quantitative estimate of drug-likeness (QED) is 0.515. The fourth-order valence-electron chi connectivity index (χ4n) is 0.749. The molecule has 0 aromatic rings. The van der Waals surface area contributed by atoms with Crippen molar-refractivity contribution in [3.63, 3.8) is 0 Å². The van der Waals surface area contributed by atoms with Crippen LogP contribution in [0.15, 0.2) is 0 Å². The van der Waals surface area contributed by atoms with Crippen LogP contribution < -0.4 is 0 Å². The molecule has 0 saturated carbocycles. The highest BCUT2D eigenvalue weighted by Crippen LogP contribution is 2.57. The van der Waals surface area contributed by atoms with Gasteiger partial charge in [-0.15, -0.1) is 0 Å². The second kappa shape index (κ2) is 3.62. The van der Waals surface area contributed by atoms with Gasteiger partial charge in [-0.1, -0.05) is 0 Å². The zero-order valence-electron chi connectivity index (χ0n) is 6.78. The first-order valence-electron chi connectivity index (χ1n) is 3.23. The molecular weight excluding hydrogens is 206 g/mol. The van der Waals surface area contributed by atoms with Crippen molar-refractivity contribution in [2.45, 2.75) is 5.79 Å². The first-order valence-corrected chi connectivity index (χ1v) is 5.67. The van der Waals surface area contributed by atoms with Crippen LogP contribution in [0, 0.1) is 0 Å². The predicted octanol–water partition coefficient (Wildman–Crippen LogP) is 1.37. The van der Waals surface area contributed by atoms with E-state index in [1.54, 1.807) is 0 Å². The van der Waals surface area contributed by atoms with E-state index in [9.17, 15) is 4.57 Å².